The molecule has 1 saturated carbocycles. The highest BCUT2D eigenvalue weighted by Crippen LogP contribution is 2.39. The predicted molar refractivity (Wildman–Crippen MR) is 164 cm³/mol. The van der Waals surface area contributed by atoms with Gasteiger partial charge in [-0.1, -0.05) is 127 Å². The Morgan fingerprint density at radius 2 is 1.31 bits per heavy atom. The lowest BCUT2D eigenvalue weighted by Gasteiger charge is -2.37. The molecule has 1 aromatic rings. The molecule has 39 heavy (non-hydrogen) atoms. The van der Waals surface area contributed by atoms with Crippen LogP contribution >= 0.6 is 11.8 Å². The topological polar surface area (TPSA) is 37.4 Å². The first-order chi connectivity index (χ1) is 19.1. The van der Waals surface area contributed by atoms with E-state index in [-0.39, 0.29) is 17.5 Å². The van der Waals surface area contributed by atoms with Crippen molar-refractivity contribution in [1.82, 2.24) is 4.90 Å². The van der Waals surface area contributed by atoms with Crippen LogP contribution in [0.15, 0.2) is 24.3 Å². The van der Waals surface area contributed by atoms with Crippen molar-refractivity contribution in [3.05, 3.63) is 35.6 Å². The van der Waals surface area contributed by atoms with Crippen molar-refractivity contribution in [2.75, 3.05) is 13.1 Å². The monoisotopic (exact) mass is 559 g/mol. The molecule has 0 amide bonds. The van der Waals surface area contributed by atoms with Crippen LogP contribution < -0.4 is 0 Å². The molecule has 5 heteroatoms. The van der Waals surface area contributed by atoms with Gasteiger partial charge in [0.25, 0.3) is 0 Å². The van der Waals surface area contributed by atoms with Crippen molar-refractivity contribution >= 4 is 22.7 Å². The van der Waals surface area contributed by atoms with E-state index < -0.39 is 6.04 Å². The van der Waals surface area contributed by atoms with Gasteiger partial charge in [-0.25, -0.2) is 4.39 Å². The Kier molecular flexibility index (Phi) is 15.8. The fourth-order valence-corrected chi connectivity index (χ4v) is 7.04. The number of nitrogens with zero attached hydrogens (tertiary/aromatic N) is 1. The number of thioether (sulfide) groups is 1. The Morgan fingerprint density at radius 1 is 0.795 bits per heavy atom. The van der Waals surface area contributed by atoms with Crippen LogP contribution in [0, 0.1) is 11.7 Å². The Hall–Kier alpha value is -1.20. The lowest BCUT2D eigenvalue weighted by Crippen LogP contribution is -2.42. The van der Waals surface area contributed by atoms with Crippen LogP contribution in [0.25, 0.3) is 0 Å². The summed E-state index contributed by atoms with van der Waals surface area (Å²) in [6.45, 7) is 3.78. The molecule has 0 radical (unpaired) electrons. The van der Waals surface area contributed by atoms with Gasteiger partial charge in [0, 0.05) is 36.2 Å². The maximum atomic E-state index is 14.6. The number of halogens is 1. The van der Waals surface area contributed by atoms with Crippen molar-refractivity contribution in [3.8, 4) is 0 Å². The van der Waals surface area contributed by atoms with Gasteiger partial charge in [0.2, 0.25) is 0 Å². The highest BCUT2D eigenvalue weighted by Gasteiger charge is 2.40. The van der Waals surface area contributed by atoms with Crippen molar-refractivity contribution in [2.24, 2.45) is 5.92 Å². The number of carbonyl (C=O) groups is 2. The molecule has 3 nitrogen and oxygen atoms in total. The zero-order valence-electron chi connectivity index (χ0n) is 24.6. The second kappa shape index (κ2) is 19.0. The molecular weight excluding hydrogens is 505 g/mol. The van der Waals surface area contributed by atoms with Gasteiger partial charge in [-0.05, 0) is 38.2 Å². The Labute approximate surface area is 242 Å². The molecule has 0 aromatic heterocycles. The summed E-state index contributed by atoms with van der Waals surface area (Å²) in [6, 6.07) is 6.26. The number of Topliss-reactive ketones (excluding diaryl/α,β-unsaturated/α-hetero) is 1. The van der Waals surface area contributed by atoms with E-state index in [4.69, 9.17) is 0 Å². The second-order valence-electron chi connectivity index (χ2n) is 12.0. The number of likely N-dealkylation sites (tertiary alicyclic amines) is 1. The lowest BCUT2D eigenvalue weighted by atomic mass is 9.95. The largest absolute Gasteiger partial charge is 0.297 e. The average molecular weight is 560 g/mol. The Balaban J connectivity index is 1.20. The van der Waals surface area contributed by atoms with Gasteiger partial charge in [0.15, 0.2) is 10.9 Å². The minimum Gasteiger partial charge on any atom is -0.297 e. The number of ketones is 1. The van der Waals surface area contributed by atoms with Crippen LogP contribution in [-0.2, 0) is 9.59 Å². The fourth-order valence-electron chi connectivity index (χ4n) is 5.96. The average Bonchev–Trinajstić information content (AvgIpc) is 3.79. The van der Waals surface area contributed by atoms with E-state index in [1.54, 1.807) is 12.1 Å². The van der Waals surface area contributed by atoms with Gasteiger partial charge >= 0.3 is 0 Å². The number of benzene rings is 1. The molecule has 1 atom stereocenters. The van der Waals surface area contributed by atoms with E-state index in [1.807, 2.05) is 6.07 Å². The van der Waals surface area contributed by atoms with E-state index in [9.17, 15) is 14.0 Å². The van der Waals surface area contributed by atoms with Crippen molar-refractivity contribution < 1.29 is 14.0 Å². The molecule has 0 bridgehead atoms. The van der Waals surface area contributed by atoms with Crippen molar-refractivity contribution in [1.29, 1.82) is 0 Å². The van der Waals surface area contributed by atoms with Crippen LogP contribution in [0.4, 0.5) is 4.39 Å². The number of hydrogen-bond donors (Lipinski definition) is 0. The minimum atomic E-state index is -0.472. The van der Waals surface area contributed by atoms with Crippen LogP contribution in [0.2, 0.25) is 0 Å². The van der Waals surface area contributed by atoms with Gasteiger partial charge in [-0.2, -0.15) is 0 Å². The smallest absolute Gasteiger partial charge is 0.189 e. The number of hydrogen-bond acceptors (Lipinski definition) is 4. The third-order valence-corrected chi connectivity index (χ3v) is 9.85. The number of unbranched alkanes of at least 4 members (excludes halogenated alkanes) is 14. The van der Waals surface area contributed by atoms with E-state index in [0.29, 0.717) is 22.3 Å². The first kappa shape index (κ1) is 32.3. The van der Waals surface area contributed by atoms with E-state index in [1.165, 1.54) is 101 Å². The number of rotatable bonds is 21. The molecule has 1 aliphatic heterocycles. The van der Waals surface area contributed by atoms with E-state index in [2.05, 4.69) is 11.8 Å². The Morgan fingerprint density at radius 3 is 1.82 bits per heavy atom. The summed E-state index contributed by atoms with van der Waals surface area (Å²) in [7, 11) is 0. The maximum Gasteiger partial charge on any atom is 0.189 e. The molecular formula is C34H54FNO2S. The summed E-state index contributed by atoms with van der Waals surface area (Å²) in [4.78, 5) is 27.8. The molecule has 1 aromatic carbocycles. The molecule has 0 N–H and O–H groups in total. The van der Waals surface area contributed by atoms with Gasteiger partial charge in [0.1, 0.15) is 5.82 Å². The van der Waals surface area contributed by atoms with Gasteiger partial charge in [-0.3, -0.25) is 14.5 Å². The number of carbonyl (C=O) groups excluding carboxylic acids is 2. The summed E-state index contributed by atoms with van der Waals surface area (Å²) in [5.74, 6) is -0.0136. The number of piperidine rings is 1. The summed E-state index contributed by atoms with van der Waals surface area (Å²) in [5.41, 5.74) is 0.518. The fraction of sp³-hybridized carbons (Fsp3) is 0.765. The van der Waals surface area contributed by atoms with Crippen LogP contribution in [0.1, 0.15) is 147 Å². The normalized spacial score (nSPS) is 17.4. The van der Waals surface area contributed by atoms with Crippen molar-refractivity contribution in [3.63, 3.8) is 0 Å². The standard InChI is InChI=1S/C34H54FNO2S/c1-2-3-4-5-6-7-8-9-10-11-12-13-14-15-16-21-32(37)39-29-24-26-36(27-25-29)33(34(38)28-22-23-28)30-19-17-18-20-31(30)35/h17-20,28-29,33H,2-16,21-27H2,1H3. The molecule has 220 valence electrons. The summed E-state index contributed by atoms with van der Waals surface area (Å²) < 4.78 is 14.6. The van der Waals surface area contributed by atoms with Gasteiger partial charge < -0.3 is 0 Å². The predicted octanol–water partition coefficient (Wildman–Crippen LogP) is 9.83. The zero-order chi connectivity index (χ0) is 27.7. The molecule has 3 rings (SSSR count). The van der Waals surface area contributed by atoms with E-state index >= 15 is 0 Å². The Bertz CT molecular complexity index is 834. The van der Waals surface area contributed by atoms with E-state index in [0.717, 1.165) is 51.6 Å². The molecule has 1 aliphatic carbocycles. The summed E-state index contributed by atoms with van der Waals surface area (Å²) in [5, 5.41) is 0.644. The van der Waals surface area contributed by atoms with Crippen molar-refractivity contribution in [2.45, 2.75) is 147 Å². The summed E-state index contributed by atoms with van der Waals surface area (Å²) >= 11 is 1.52. The molecule has 1 saturated heterocycles. The molecule has 1 unspecified atom stereocenters. The summed E-state index contributed by atoms with van der Waals surface area (Å²) in [6.07, 6.45) is 24.4. The molecule has 1 heterocycles. The highest BCUT2D eigenvalue weighted by atomic mass is 32.2. The maximum absolute atomic E-state index is 14.6. The van der Waals surface area contributed by atoms with Crippen LogP contribution in [-0.4, -0.2) is 34.1 Å². The third-order valence-electron chi connectivity index (χ3n) is 8.57. The third kappa shape index (κ3) is 12.5. The molecule has 0 spiro atoms. The second-order valence-corrected chi connectivity index (χ2v) is 13.4. The SMILES string of the molecule is CCCCCCCCCCCCCCCCCC(=O)SC1CCN(C(C(=O)C2CC2)c2ccccc2F)CC1. The van der Waals surface area contributed by atoms with Crippen LogP contribution in [0.5, 0.6) is 0 Å². The van der Waals surface area contributed by atoms with Crippen LogP contribution in [0.3, 0.4) is 0 Å². The zero-order valence-corrected chi connectivity index (χ0v) is 25.5. The highest BCUT2D eigenvalue weighted by molar-refractivity contribution is 8.14. The lowest BCUT2D eigenvalue weighted by molar-refractivity contribution is -0.126. The van der Waals surface area contributed by atoms with Gasteiger partial charge in [0.05, 0.1) is 6.04 Å². The first-order valence-electron chi connectivity index (χ1n) is 16.3. The molecule has 2 aliphatic rings. The molecule has 2 fully saturated rings. The first-order valence-corrected chi connectivity index (χ1v) is 17.2. The minimum absolute atomic E-state index is 0.0955. The quantitative estimate of drug-likeness (QED) is 0.140. The van der Waals surface area contributed by atoms with Gasteiger partial charge in [-0.15, -0.1) is 0 Å².